The molecule has 0 bridgehead atoms. The SMILES string of the molecule is CCNCC(C)(Cc1ccc(Br)cc1F)C(C)C. The highest BCUT2D eigenvalue weighted by atomic mass is 79.9. The van der Waals surface area contributed by atoms with Crippen LogP contribution in [-0.4, -0.2) is 13.1 Å². The predicted molar refractivity (Wildman–Crippen MR) is 79.3 cm³/mol. The summed E-state index contributed by atoms with van der Waals surface area (Å²) in [6.07, 6.45) is 0.761. The molecule has 0 fully saturated rings. The van der Waals surface area contributed by atoms with Crippen LogP contribution in [0.5, 0.6) is 0 Å². The first-order chi connectivity index (χ1) is 8.39. The first-order valence-corrected chi connectivity index (χ1v) is 7.33. The number of halogens is 2. The maximum Gasteiger partial charge on any atom is 0.127 e. The fraction of sp³-hybridized carbons (Fsp3) is 0.600. The highest BCUT2D eigenvalue weighted by molar-refractivity contribution is 9.10. The monoisotopic (exact) mass is 315 g/mol. The summed E-state index contributed by atoms with van der Waals surface area (Å²) >= 11 is 3.29. The van der Waals surface area contributed by atoms with Crippen LogP contribution in [0.25, 0.3) is 0 Å². The van der Waals surface area contributed by atoms with Gasteiger partial charge in [-0.2, -0.15) is 0 Å². The molecule has 0 saturated carbocycles. The van der Waals surface area contributed by atoms with Crippen molar-refractivity contribution in [1.29, 1.82) is 0 Å². The van der Waals surface area contributed by atoms with E-state index in [2.05, 4.69) is 48.9 Å². The van der Waals surface area contributed by atoms with Gasteiger partial charge in [0, 0.05) is 11.0 Å². The molecule has 0 spiro atoms. The van der Waals surface area contributed by atoms with E-state index in [-0.39, 0.29) is 11.2 Å². The molecule has 1 aromatic carbocycles. The first-order valence-electron chi connectivity index (χ1n) is 6.53. The van der Waals surface area contributed by atoms with Crippen molar-refractivity contribution in [2.24, 2.45) is 11.3 Å². The third-order valence-corrected chi connectivity index (χ3v) is 4.28. The Morgan fingerprint density at radius 2 is 2.06 bits per heavy atom. The molecule has 18 heavy (non-hydrogen) atoms. The van der Waals surface area contributed by atoms with Gasteiger partial charge in [-0.3, -0.25) is 0 Å². The zero-order valence-electron chi connectivity index (χ0n) is 11.7. The second-order valence-corrected chi connectivity index (χ2v) is 6.42. The summed E-state index contributed by atoms with van der Waals surface area (Å²) in [4.78, 5) is 0. The Morgan fingerprint density at radius 3 is 2.56 bits per heavy atom. The van der Waals surface area contributed by atoms with Gasteiger partial charge in [0.2, 0.25) is 0 Å². The van der Waals surface area contributed by atoms with E-state index in [4.69, 9.17) is 0 Å². The summed E-state index contributed by atoms with van der Waals surface area (Å²) in [6, 6.07) is 5.34. The maximum absolute atomic E-state index is 13.9. The molecule has 3 heteroatoms. The fourth-order valence-electron chi connectivity index (χ4n) is 1.98. The summed E-state index contributed by atoms with van der Waals surface area (Å²) in [7, 11) is 0. The van der Waals surface area contributed by atoms with Gasteiger partial charge in [0.1, 0.15) is 5.82 Å². The molecular formula is C15H23BrFN. The normalized spacial score (nSPS) is 14.8. The first kappa shape index (κ1) is 15.6. The molecule has 1 nitrogen and oxygen atoms in total. The van der Waals surface area contributed by atoms with Crippen molar-refractivity contribution in [2.45, 2.75) is 34.1 Å². The highest BCUT2D eigenvalue weighted by Gasteiger charge is 2.29. The lowest BCUT2D eigenvalue weighted by molar-refractivity contribution is 0.206. The van der Waals surface area contributed by atoms with E-state index in [1.54, 1.807) is 6.07 Å². The standard InChI is InChI=1S/C15H23BrFN/c1-5-18-10-15(4,11(2)3)9-12-6-7-13(16)8-14(12)17/h6-8,11,18H,5,9-10H2,1-4H3. The molecule has 0 saturated heterocycles. The lowest BCUT2D eigenvalue weighted by Gasteiger charge is -2.34. The largest absolute Gasteiger partial charge is 0.316 e. The molecular weight excluding hydrogens is 293 g/mol. The van der Waals surface area contributed by atoms with Crippen molar-refractivity contribution in [3.63, 3.8) is 0 Å². The van der Waals surface area contributed by atoms with Gasteiger partial charge < -0.3 is 5.32 Å². The Hall–Kier alpha value is -0.410. The van der Waals surface area contributed by atoms with Gasteiger partial charge >= 0.3 is 0 Å². The Morgan fingerprint density at radius 1 is 1.39 bits per heavy atom. The van der Waals surface area contributed by atoms with E-state index in [0.717, 1.165) is 29.5 Å². The Balaban J connectivity index is 2.89. The zero-order valence-corrected chi connectivity index (χ0v) is 13.3. The second-order valence-electron chi connectivity index (χ2n) is 5.50. The van der Waals surface area contributed by atoms with Gasteiger partial charge in [-0.1, -0.05) is 49.7 Å². The van der Waals surface area contributed by atoms with Gasteiger partial charge in [-0.25, -0.2) is 4.39 Å². The molecule has 1 aromatic rings. The van der Waals surface area contributed by atoms with E-state index >= 15 is 0 Å². The smallest absolute Gasteiger partial charge is 0.127 e. The van der Waals surface area contributed by atoms with Crippen LogP contribution in [0.15, 0.2) is 22.7 Å². The Bertz CT molecular complexity index is 392. The minimum Gasteiger partial charge on any atom is -0.316 e. The lowest BCUT2D eigenvalue weighted by Crippen LogP contribution is -2.38. The van der Waals surface area contributed by atoms with Crippen LogP contribution in [0.4, 0.5) is 4.39 Å². The van der Waals surface area contributed by atoms with Gasteiger partial charge in [0.05, 0.1) is 0 Å². The minimum absolute atomic E-state index is 0.0741. The molecule has 102 valence electrons. The molecule has 0 heterocycles. The van der Waals surface area contributed by atoms with Crippen LogP contribution >= 0.6 is 15.9 Å². The second kappa shape index (κ2) is 6.67. The van der Waals surface area contributed by atoms with E-state index in [1.165, 1.54) is 0 Å². The topological polar surface area (TPSA) is 12.0 Å². The van der Waals surface area contributed by atoms with Gasteiger partial charge in [-0.15, -0.1) is 0 Å². The van der Waals surface area contributed by atoms with Crippen molar-refractivity contribution in [3.8, 4) is 0 Å². The summed E-state index contributed by atoms with van der Waals surface area (Å²) in [5, 5.41) is 3.39. The summed E-state index contributed by atoms with van der Waals surface area (Å²) in [6.45, 7) is 10.6. The quantitative estimate of drug-likeness (QED) is 0.820. The molecule has 1 N–H and O–H groups in total. The lowest BCUT2D eigenvalue weighted by atomic mass is 9.74. The van der Waals surface area contributed by atoms with Crippen LogP contribution < -0.4 is 5.32 Å². The molecule has 0 amide bonds. The number of hydrogen-bond acceptors (Lipinski definition) is 1. The van der Waals surface area contributed by atoms with Gasteiger partial charge in [0.25, 0.3) is 0 Å². The number of benzene rings is 1. The van der Waals surface area contributed by atoms with Crippen LogP contribution in [0.3, 0.4) is 0 Å². The van der Waals surface area contributed by atoms with Crippen molar-refractivity contribution < 1.29 is 4.39 Å². The number of rotatable bonds is 6. The summed E-state index contributed by atoms with van der Waals surface area (Å²) in [5.74, 6) is 0.382. The van der Waals surface area contributed by atoms with E-state index in [1.807, 2.05) is 12.1 Å². The van der Waals surface area contributed by atoms with E-state index in [9.17, 15) is 4.39 Å². The molecule has 0 radical (unpaired) electrons. The minimum atomic E-state index is -0.118. The van der Waals surface area contributed by atoms with Crippen molar-refractivity contribution in [2.75, 3.05) is 13.1 Å². The molecule has 0 aliphatic carbocycles. The third kappa shape index (κ3) is 4.06. The molecule has 1 unspecified atom stereocenters. The van der Waals surface area contributed by atoms with Crippen LogP contribution in [0, 0.1) is 17.2 Å². The van der Waals surface area contributed by atoms with Crippen molar-refractivity contribution in [3.05, 3.63) is 34.1 Å². The molecule has 0 aliphatic heterocycles. The maximum atomic E-state index is 13.9. The molecule has 1 atom stereocenters. The van der Waals surface area contributed by atoms with Crippen molar-refractivity contribution in [1.82, 2.24) is 5.32 Å². The highest BCUT2D eigenvalue weighted by Crippen LogP contribution is 2.32. The number of nitrogens with one attached hydrogen (secondary N) is 1. The van der Waals surface area contributed by atoms with Gasteiger partial charge in [0.15, 0.2) is 0 Å². The molecule has 1 rings (SSSR count). The Labute approximate surface area is 118 Å². The Kier molecular flexibility index (Phi) is 5.80. The van der Waals surface area contributed by atoms with Crippen molar-refractivity contribution >= 4 is 15.9 Å². The van der Waals surface area contributed by atoms with Crippen LogP contribution in [-0.2, 0) is 6.42 Å². The molecule has 0 aromatic heterocycles. The average Bonchev–Trinajstić information content (AvgIpc) is 2.30. The van der Waals surface area contributed by atoms with Crippen LogP contribution in [0.1, 0.15) is 33.3 Å². The summed E-state index contributed by atoms with van der Waals surface area (Å²) < 4.78 is 14.7. The third-order valence-electron chi connectivity index (χ3n) is 3.78. The molecule has 0 aliphatic rings. The van der Waals surface area contributed by atoms with E-state index < -0.39 is 0 Å². The van der Waals surface area contributed by atoms with Crippen LogP contribution in [0.2, 0.25) is 0 Å². The van der Waals surface area contributed by atoms with E-state index in [0.29, 0.717) is 5.92 Å². The number of hydrogen-bond donors (Lipinski definition) is 1. The average molecular weight is 316 g/mol. The summed E-state index contributed by atoms with van der Waals surface area (Å²) in [5.41, 5.74) is 0.873. The van der Waals surface area contributed by atoms with Gasteiger partial charge in [-0.05, 0) is 42.0 Å². The predicted octanol–water partition coefficient (Wildman–Crippen LogP) is 4.40. The zero-order chi connectivity index (χ0) is 13.8. The fourth-order valence-corrected chi connectivity index (χ4v) is 2.31.